The van der Waals surface area contributed by atoms with Crippen LogP contribution in [0, 0.1) is 0 Å². The summed E-state index contributed by atoms with van der Waals surface area (Å²) in [5.74, 6) is -2.87. The summed E-state index contributed by atoms with van der Waals surface area (Å²) in [6.07, 6.45) is 1.98. The number of thiazole rings is 1. The monoisotopic (exact) mass is 523 g/mol. The number of rotatable bonds is 8. The number of halogens is 1. The van der Waals surface area contributed by atoms with Gasteiger partial charge in [-0.3, -0.25) is 24.1 Å². The Bertz CT molecular complexity index is 1090. The molecule has 0 aliphatic carbocycles. The van der Waals surface area contributed by atoms with Crippen molar-refractivity contribution in [2.24, 2.45) is 0 Å². The van der Waals surface area contributed by atoms with Crippen LogP contribution in [0.5, 0.6) is 0 Å². The maximum absolute atomic E-state index is 12.9. The maximum Gasteiger partial charge on any atom is 0.314 e. The molecule has 1 atom stereocenters. The second kappa shape index (κ2) is 12.0. The molecule has 0 saturated heterocycles. The fraction of sp³-hybridized carbons (Fsp3) is 0.429. The van der Waals surface area contributed by atoms with Gasteiger partial charge in [0.1, 0.15) is 11.9 Å². The Balaban J connectivity index is 1.61. The zero-order chi connectivity index (χ0) is 25.5. The predicted octanol–water partition coefficient (Wildman–Crippen LogP) is -0.517. The first-order chi connectivity index (χ1) is 16.7. The van der Waals surface area contributed by atoms with Gasteiger partial charge < -0.3 is 26.0 Å². The van der Waals surface area contributed by atoms with Crippen molar-refractivity contribution in [3.63, 3.8) is 0 Å². The molecule has 1 aliphatic heterocycles. The minimum atomic E-state index is -1.12. The number of β-amino-alcohol motifs (C(OH)–C–C–N with tert-alkyl or cyclic N) is 1. The van der Waals surface area contributed by atoms with E-state index in [-0.39, 0.29) is 24.0 Å². The molecule has 1 aliphatic rings. The van der Waals surface area contributed by atoms with Gasteiger partial charge in [0.25, 0.3) is 5.91 Å². The third kappa shape index (κ3) is 7.18. The SMILES string of the molecule is CN(C)C(=O)C(CNC(=O)C(=O)Nc1ccc(Cl)cn1)NC(=O)c1nc2c(s1)CN(CCO)CC2. The van der Waals surface area contributed by atoms with Gasteiger partial charge in [-0.15, -0.1) is 11.3 Å². The van der Waals surface area contributed by atoms with Crippen molar-refractivity contribution in [1.82, 2.24) is 30.4 Å². The number of pyridine rings is 1. The van der Waals surface area contributed by atoms with Crippen molar-refractivity contribution in [3.05, 3.63) is 38.9 Å². The molecule has 2 aromatic rings. The molecule has 4 N–H and O–H groups in total. The van der Waals surface area contributed by atoms with Gasteiger partial charge in [-0.25, -0.2) is 9.97 Å². The Morgan fingerprint density at radius 2 is 2.03 bits per heavy atom. The van der Waals surface area contributed by atoms with Crippen molar-refractivity contribution < 1.29 is 24.3 Å². The van der Waals surface area contributed by atoms with Gasteiger partial charge in [0.2, 0.25) is 5.91 Å². The van der Waals surface area contributed by atoms with Crippen LogP contribution in [-0.4, -0.2) is 94.9 Å². The van der Waals surface area contributed by atoms with Crippen LogP contribution in [-0.2, 0) is 27.3 Å². The lowest BCUT2D eigenvalue weighted by Crippen LogP contribution is -2.53. The van der Waals surface area contributed by atoms with Gasteiger partial charge in [0.05, 0.1) is 17.3 Å². The first-order valence-electron chi connectivity index (χ1n) is 10.7. The van der Waals surface area contributed by atoms with Crippen molar-refractivity contribution >= 4 is 52.4 Å². The Kier molecular flexibility index (Phi) is 9.09. The highest BCUT2D eigenvalue weighted by atomic mass is 35.5. The van der Waals surface area contributed by atoms with E-state index in [1.165, 1.54) is 48.7 Å². The second-order valence-corrected chi connectivity index (χ2v) is 9.44. The van der Waals surface area contributed by atoms with Crippen LogP contribution in [0.25, 0.3) is 0 Å². The molecule has 4 amide bonds. The average molecular weight is 524 g/mol. The summed E-state index contributed by atoms with van der Waals surface area (Å²) in [6, 6.07) is 1.82. The molecule has 14 heteroatoms. The van der Waals surface area contributed by atoms with E-state index >= 15 is 0 Å². The smallest absolute Gasteiger partial charge is 0.314 e. The molecule has 0 bridgehead atoms. The van der Waals surface area contributed by atoms with E-state index in [1.807, 2.05) is 0 Å². The number of aliphatic hydroxyl groups excluding tert-OH is 1. The maximum atomic E-state index is 12.9. The van der Waals surface area contributed by atoms with Crippen molar-refractivity contribution in [1.29, 1.82) is 0 Å². The lowest BCUT2D eigenvalue weighted by atomic mass is 10.2. The van der Waals surface area contributed by atoms with Crippen LogP contribution in [0.4, 0.5) is 5.82 Å². The molecule has 0 fully saturated rings. The van der Waals surface area contributed by atoms with Gasteiger partial charge >= 0.3 is 11.8 Å². The van der Waals surface area contributed by atoms with Crippen LogP contribution in [0.3, 0.4) is 0 Å². The number of nitrogens with zero attached hydrogens (tertiary/aromatic N) is 4. The highest BCUT2D eigenvalue weighted by molar-refractivity contribution is 7.13. The van der Waals surface area contributed by atoms with E-state index in [9.17, 15) is 19.2 Å². The van der Waals surface area contributed by atoms with E-state index in [1.54, 1.807) is 0 Å². The molecular weight excluding hydrogens is 498 g/mol. The molecule has 3 rings (SSSR count). The number of hydrogen-bond donors (Lipinski definition) is 4. The lowest BCUT2D eigenvalue weighted by molar-refractivity contribution is -0.136. The largest absolute Gasteiger partial charge is 0.395 e. The zero-order valence-electron chi connectivity index (χ0n) is 19.2. The highest BCUT2D eigenvalue weighted by Gasteiger charge is 2.28. The normalized spacial score (nSPS) is 13.9. The van der Waals surface area contributed by atoms with Crippen LogP contribution in [0.15, 0.2) is 18.3 Å². The summed E-state index contributed by atoms with van der Waals surface area (Å²) in [5, 5.41) is 17.0. The molecule has 2 aromatic heterocycles. The number of amides is 4. The molecule has 1 unspecified atom stereocenters. The fourth-order valence-corrected chi connectivity index (χ4v) is 4.47. The van der Waals surface area contributed by atoms with Crippen LogP contribution in [0.1, 0.15) is 20.4 Å². The number of hydrogen-bond acceptors (Lipinski definition) is 9. The molecular formula is C21H26ClN7O5S. The summed E-state index contributed by atoms with van der Waals surface area (Å²) >= 11 is 6.97. The highest BCUT2D eigenvalue weighted by Crippen LogP contribution is 2.25. The number of aromatic nitrogens is 2. The van der Waals surface area contributed by atoms with Gasteiger partial charge in [0.15, 0.2) is 5.01 Å². The third-order valence-corrected chi connectivity index (χ3v) is 6.41. The van der Waals surface area contributed by atoms with Crippen LogP contribution in [0.2, 0.25) is 5.02 Å². The minimum absolute atomic E-state index is 0.0514. The third-order valence-electron chi connectivity index (χ3n) is 5.11. The average Bonchev–Trinajstić information content (AvgIpc) is 3.26. The summed E-state index contributed by atoms with van der Waals surface area (Å²) in [5.41, 5.74) is 0.825. The van der Waals surface area contributed by atoms with Gasteiger partial charge in [-0.05, 0) is 12.1 Å². The first-order valence-corrected chi connectivity index (χ1v) is 11.9. The molecule has 0 aromatic carbocycles. The van der Waals surface area contributed by atoms with E-state index in [4.69, 9.17) is 16.7 Å². The Hall–Kier alpha value is -3.13. The molecule has 12 nitrogen and oxygen atoms in total. The Morgan fingerprint density at radius 3 is 2.69 bits per heavy atom. The molecule has 0 saturated carbocycles. The number of likely N-dealkylation sites (N-methyl/N-ethyl adjacent to an activating group) is 1. The number of carbonyl (C=O) groups is 4. The second-order valence-electron chi connectivity index (χ2n) is 7.92. The Labute approximate surface area is 210 Å². The van der Waals surface area contributed by atoms with E-state index in [0.717, 1.165) is 17.1 Å². The number of fused-ring (bicyclic) bond motifs is 1. The Morgan fingerprint density at radius 1 is 1.26 bits per heavy atom. The van der Waals surface area contributed by atoms with Gasteiger partial charge in [-0.2, -0.15) is 0 Å². The number of carbonyl (C=O) groups excluding carboxylic acids is 4. The summed E-state index contributed by atoms with van der Waals surface area (Å²) in [7, 11) is 3.03. The number of aliphatic hydroxyl groups is 1. The van der Waals surface area contributed by atoms with Crippen molar-refractivity contribution in [2.75, 3.05) is 45.7 Å². The fourth-order valence-electron chi connectivity index (χ4n) is 3.31. The van der Waals surface area contributed by atoms with Crippen molar-refractivity contribution in [2.45, 2.75) is 19.0 Å². The topological polar surface area (TPSA) is 157 Å². The van der Waals surface area contributed by atoms with E-state index in [0.29, 0.717) is 24.5 Å². The standard InChI is InChI=1S/C21H26ClN7O5S/c1-28(2)21(34)14(10-24-17(31)18(32)27-16-4-3-12(22)9-23-16)25-19(33)20-26-13-5-6-29(7-8-30)11-15(13)35-20/h3-4,9,14,30H,5-8,10-11H2,1-2H3,(H,24,31)(H,25,33)(H,23,27,32). The summed E-state index contributed by atoms with van der Waals surface area (Å²) < 4.78 is 0. The van der Waals surface area contributed by atoms with Crippen LogP contribution < -0.4 is 16.0 Å². The summed E-state index contributed by atoms with van der Waals surface area (Å²) in [6.45, 7) is 1.61. The number of nitrogens with one attached hydrogen (secondary N) is 3. The van der Waals surface area contributed by atoms with Gasteiger partial charge in [0, 0.05) is 57.8 Å². The first kappa shape index (κ1) is 26.5. The zero-order valence-corrected chi connectivity index (χ0v) is 20.8. The molecule has 0 spiro atoms. The summed E-state index contributed by atoms with van der Waals surface area (Å²) in [4.78, 5) is 62.4. The van der Waals surface area contributed by atoms with Gasteiger partial charge in [-0.1, -0.05) is 11.6 Å². The number of anilines is 1. The molecule has 0 radical (unpaired) electrons. The predicted molar refractivity (Wildman–Crippen MR) is 129 cm³/mol. The van der Waals surface area contributed by atoms with Crippen molar-refractivity contribution in [3.8, 4) is 0 Å². The minimum Gasteiger partial charge on any atom is -0.395 e. The van der Waals surface area contributed by atoms with E-state index in [2.05, 4.69) is 30.8 Å². The quantitative estimate of drug-likeness (QED) is 0.337. The lowest BCUT2D eigenvalue weighted by Gasteiger charge is -2.24. The molecule has 3 heterocycles. The van der Waals surface area contributed by atoms with Crippen LogP contribution >= 0.6 is 22.9 Å². The molecule has 188 valence electrons. The van der Waals surface area contributed by atoms with E-state index < -0.39 is 29.7 Å². The molecule has 35 heavy (non-hydrogen) atoms.